The van der Waals surface area contributed by atoms with E-state index in [1.807, 2.05) is 31.2 Å². The molecule has 5 heteroatoms. The second-order valence-electron chi connectivity index (χ2n) is 5.61. The van der Waals surface area contributed by atoms with Crippen LogP contribution >= 0.6 is 11.6 Å². The van der Waals surface area contributed by atoms with E-state index in [1.54, 1.807) is 4.57 Å². The zero-order valence-electron chi connectivity index (χ0n) is 12.3. The first-order chi connectivity index (χ1) is 10.2. The molecule has 0 bridgehead atoms. The van der Waals surface area contributed by atoms with Crippen molar-refractivity contribution in [2.24, 2.45) is 0 Å². The van der Waals surface area contributed by atoms with Crippen molar-refractivity contribution in [3.63, 3.8) is 0 Å². The van der Waals surface area contributed by atoms with Crippen LogP contribution in [-0.4, -0.2) is 34.1 Å². The Labute approximate surface area is 129 Å². The predicted molar refractivity (Wildman–Crippen MR) is 85.9 cm³/mol. The summed E-state index contributed by atoms with van der Waals surface area (Å²) in [5.74, 6) is 0.666. The van der Waals surface area contributed by atoms with E-state index in [0.29, 0.717) is 17.8 Å². The quantitative estimate of drug-likeness (QED) is 0.815. The second kappa shape index (κ2) is 6.16. The molecule has 2 aromatic rings. The molecule has 1 aromatic heterocycles. The van der Waals surface area contributed by atoms with E-state index in [1.165, 1.54) is 12.8 Å². The average Bonchev–Trinajstić information content (AvgIpc) is 2.99. The standard InChI is InChI=1S/C16H20ClN3O/c1-12(17)15-18-14-7-3-2-6-13(14)16(21)20(15)11-10-19-8-4-5-9-19/h2-3,6-7,12H,4-5,8-11H2,1H3. The maximum atomic E-state index is 12.7. The third kappa shape index (κ3) is 2.97. The molecule has 3 rings (SSSR count). The number of benzene rings is 1. The van der Waals surface area contributed by atoms with Gasteiger partial charge in [-0.3, -0.25) is 9.36 Å². The van der Waals surface area contributed by atoms with Crippen LogP contribution < -0.4 is 5.56 Å². The lowest BCUT2D eigenvalue weighted by atomic mass is 10.2. The van der Waals surface area contributed by atoms with Gasteiger partial charge in [-0.1, -0.05) is 12.1 Å². The topological polar surface area (TPSA) is 38.1 Å². The Hall–Kier alpha value is -1.39. The van der Waals surface area contributed by atoms with E-state index >= 15 is 0 Å². The summed E-state index contributed by atoms with van der Waals surface area (Å²) < 4.78 is 1.75. The Balaban J connectivity index is 1.99. The van der Waals surface area contributed by atoms with Gasteiger partial charge < -0.3 is 4.90 Å². The molecule has 0 amide bonds. The van der Waals surface area contributed by atoms with Crippen molar-refractivity contribution in [1.82, 2.24) is 14.5 Å². The Morgan fingerprint density at radius 3 is 2.67 bits per heavy atom. The van der Waals surface area contributed by atoms with Crippen LogP contribution in [0.15, 0.2) is 29.1 Å². The van der Waals surface area contributed by atoms with Crippen LogP contribution in [0.4, 0.5) is 0 Å². The highest BCUT2D eigenvalue weighted by Gasteiger charge is 2.17. The third-order valence-corrected chi connectivity index (χ3v) is 4.28. The Morgan fingerprint density at radius 2 is 1.95 bits per heavy atom. The zero-order valence-corrected chi connectivity index (χ0v) is 13.0. The SMILES string of the molecule is CC(Cl)c1nc2ccccc2c(=O)n1CCN1CCCC1. The van der Waals surface area contributed by atoms with Gasteiger partial charge in [-0.15, -0.1) is 11.6 Å². The number of nitrogens with zero attached hydrogens (tertiary/aromatic N) is 3. The number of aromatic nitrogens is 2. The predicted octanol–water partition coefficient (Wildman–Crippen LogP) is 2.79. The number of halogens is 1. The van der Waals surface area contributed by atoms with Crippen molar-refractivity contribution in [2.45, 2.75) is 31.7 Å². The van der Waals surface area contributed by atoms with Crippen molar-refractivity contribution < 1.29 is 0 Å². The summed E-state index contributed by atoms with van der Waals surface area (Å²) in [4.78, 5) is 19.7. The lowest BCUT2D eigenvalue weighted by molar-refractivity contribution is 0.318. The second-order valence-corrected chi connectivity index (χ2v) is 6.26. The van der Waals surface area contributed by atoms with Crippen molar-refractivity contribution in [2.75, 3.05) is 19.6 Å². The van der Waals surface area contributed by atoms with E-state index in [4.69, 9.17) is 11.6 Å². The fraction of sp³-hybridized carbons (Fsp3) is 0.500. The Morgan fingerprint density at radius 1 is 1.24 bits per heavy atom. The normalized spacial score (nSPS) is 17.4. The lowest BCUT2D eigenvalue weighted by Crippen LogP contribution is -2.32. The van der Waals surface area contributed by atoms with Gasteiger partial charge in [0.15, 0.2) is 0 Å². The molecule has 112 valence electrons. The molecular formula is C16H20ClN3O. The number of alkyl halides is 1. The van der Waals surface area contributed by atoms with Crippen molar-refractivity contribution in [1.29, 1.82) is 0 Å². The number of rotatable bonds is 4. The van der Waals surface area contributed by atoms with Gasteiger partial charge in [-0.05, 0) is 45.0 Å². The van der Waals surface area contributed by atoms with E-state index in [9.17, 15) is 4.79 Å². The minimum atomic E-state index is -0.277. The van der Waals surface area contributed by atoms with Gasteiger partial charge in [0.1, 0.15) is 5.82 Å². The molecule has 1 aromatic carbocycles. The van der Waals surface area contributed by atoms with Crippen LogP contribution in [-0.2, 0) is 6.54 Å². The molecule has 2 heterocycles. The van der Waals surface area contributed by atoms with E-state index < -0.39 is 0 Å². The van der Waals surface area contributed by atoms with Gasteiger partial charge in [0.05, 0.1) is 16.3 Å². The molecular weight excluding hydrogens is 286 g/mol. The molecule has 4 nitrogen and oxygen atoms in total. The molecule has 0 spiro atoms. The van der Waals surface area contributed by atoms with Gasteiger partial charge in [0.25, 0.3) is 5.56 Å². The third-order valence-electron chi connectivity index (χ3n) is 4.09. The molecule has 0 saturated carbocycles. The fourth-order valence-corrected chi connectivity index (χ4v) is 3.12. The summed E-state index contributed by atoms with van der Waals surface area (Å²) >= 11 is 6.24. The molecule has 1 unspecified atom stereocenters. The van der Waals surface area contributed by atoms with E-state index in [2.05, 4.69) is 9.88 Å². The maximum absolute atomic E-state index is 12.7. The molecule has 1 aliphatic rings. The first kappa shape index (κ1) is 14.5. The summed E-state index contributed by atoms with van der Waals surface area (Å²) in [6.45, 7) is 5.66. The van der Waals surface area contributed by atoms with Crippen molar-refractivity contribution in [3.05, 3.63) is 40.4 Å². The smallest absolute Gasteiger partial charge is 0.261 e. The largest absolute Gasteiger partial charge is 0.302 e. The minimum Gasteiger partial charge on any atom is -0.302 e. The van der Waals surface area contributed by atoms with Crippen LogP contribution in [0, 0.1) is 0 Å². The number of hydrogen-bond donors (Lipinski definition) is 0. The van der Waals surface area contributed by atoms with E-state index in [0.717, 1.165) is 25.2 Å². The molecule has 1 atom stereocenters. The Bertz CT molecular complexity index is 689. The van der Waals surface area contributed by atoms with Gasteiger partial charge in [-0.2, -0.15) is 0 Å². The summed E-state index contributed by atoms with van der Waals surface area (Å²) in [6, 6.07) is 7.47. The molecule has 0 radical (unpaired) electrons. The van der Waals surface area contributed by atoms with Crippen LogP contribution in [0.5, 0.6) is 0 Å². The first-order valence-electron chi connectivity index (χ1n) is 7.53. The molecule has 1 aliphatic heterocycles. The number of para-hydroxylation sites is 1. The highest BCUT2D eigenvalue weighted by atomic mass is 35.5. The highest BCUT2D eigenvalue weighted by Crippen LogP contribution is 2.19. The monoisotopic (exact) mass is 305 g/mol. The Kier molecular flexibility index (Phi) is 4.27. The number of hydrogen-bond acceptors (Lipinski definition) is 3. The van der Waals surface area contributed by atoms with Crippen LogP contribution in [0.25, 0.3) is 10.9 Å². The molecule has 0 N–H and O–H groups in total. The summed E-state index contributed by atoms with van der Waals surface area (Å²) in [5.41, 5.74) is 0.740. The molecule has 0 aliphatic carbocycles. The van der Waals surface area contributed by atoms with Gasteiger partial charge in [0, 0.05) is 13.1 Å². The summed E-state index contributed by atoms with van der Waals surface area (Å²) in [6.07, 6.45) is 2.51. The highest BCUT2D eigenvalue weighted by molar-refractivity contribution is 6.20. The van der Waals surface area contributed by atoms with Crippen molar-refractivity contribution >= 4 is 22.5 Å². The van der Waals surface area contributed by atoms with Crippen LogP contribution in [0.1, 0.15) is 31.0 Å². The molecule has 21 heavy (non-hydrogen) atoms. The van der Waals surface area contributed by atoms with Crippen molar-refractivity contribution in [3.8, 4) is 0 Å². The minimum absolute atomic E-state index is 0.0160. The van der Waals surface area contributed by atoms with Gasteiger partial charge >= 0.3 is 0 Å². The molecule has 1 saturated heterocycles. The fourth-order valence-electron chi connectivity index (χ4n) is 2.95. The average molecular weight is 306 g/mol. The summed E-state index contributed by atoms with van der Waals surface area (Å²) in [7, 11) is 0. The summed E-state index contributed by atoms with van der Waals surface area (Å²) in [5, 5.41) is 0.390. The van der Waals surface area contributed by atoms with Crippen LogP contribution in [0.3, 0.4) is 0 Å². The zero-order chi connectivity index (χ0) is 14.8. The first-order valence-corrected chi connectivity index (χ1v) is 7.96. The number of likely N-dealkylation sites (tertiary alicyclic amines) is 1. The van der Waals surface area contributed by atoms with Gasteiger partial charge in [0.2, 0.25) is 0 Å². The lowest BCUT2D eigenvalue weighted by Gasteiger charge is -2.19. The van der Waals surface area contributed by atoms with E-state index in [-0.39, 0.29) is 10.9 Å². The van der Waals surface area contributed by atoms with Crippen LogP contribution in [0.2, 0.25) is 0 Å². The van der Waals surface area contributed by atoms with Gasteiger partial charge in [-0.25, -0.2) is 4.98 Å². The number of fused-ring (bicyclic) bond motifs is 1. The molecule has 1 fully saturated rings. The maximum Gasteiger partial charge on any atom is 0.261 e.